The normalized spacial score (nSPS) is 15.0. The summed E-state index contributed by atoms with van der Waals surface area (Å²) in [6.45, 7) is 6.52. The Morgan fingerprint density at radius 3 is 2.60 bits per heavy atom. The van der Waals surface area contributed by atoms with E-state index in [0.29, 0.717) is 24.3 Å². The van der Waals surface area contributed by atoms with Gasteiger partial charge in [-0.25, -0.2) is 0 Å². The van der Waals surface area contributed by atoms with E-state index in [1.807, 2.05) is 31.2 Å². The van der Waals surface area contributed by atoms with Crippen LogP contribution in [0.25, 0.3) is 5.69 Å². The van der Waals surface area contributed by atoms with Crippen LogP contribution in [-0.4, -0.2) is 21.2 Å². The molecule has 6 nitrogen and oxygen atoms in total. The third-order valence-electron chi connectivity index (χ3n) is 5.50. The van der Waals surface area contributed by atoms with E-state index in [-0.39, 0.29) is 11.2 Å². The van der Waals surface area contributed by atoms with Crippen LogP contribution in [-0.2, 0) is 13.0 Å². The molecule has 154 valence electrons. The zero-order valence-corrected chi connectivity index (χ0v) is 17.4. The predicted molar refractivity (Wildman–Crippen MR) is 114 cm³/mol. The van der Waals surface area contributed by atoms with E-state index in [2.05, 4.69) is 23.4 Å². The number of amides is 1. The highest BCUT2D eigenvalue weighted by molar-refractivity contribution is 5.99. The zero-order chi connectivity index (χ0) is 21.5. The molecule has 1 aliphatic carbocycles. The van der Waals surface area contributed by atoms with Crippen molar-refractivity contribution in [2.24, 2.45) is 11.1 Å². The van der Waals surface area contributed by atoms with E-state index in [1.165, 1.54) is 0 Å². The summed E-state index contributed by atoms with van der Waals surface area (Å²) in [5.41, 5.74) is 10.2. The van der Waals surface area contributed by atoms with Gasteiger partial charge in [-0.1, -0.05) is 13.8 Å². The maximum Gasteiger partial charge on any atom is 0.248 e. The average Bonchev–Trinajstić information content (AvgIpc) is 3.02. The van der Waals surface area contributed by atoms with Gasteiger partial charge in [-0.2, -0.15) is 0 Å². The average molecular weight is 403 g/mol. The number of primary amides is 1. The summed E-state index contributed by atoms with van der Waals surface area (Å²) in [7, 11) is 0. The maximum absolute atomic E-state index is 12.7. The molecule has 2 N–H and O–H groups in total. The highest BCUT2D eigenvalue weighted by Crippen LogP contribution is 2.39. The fourth-order valence-electron chi connectivity index (χ4n) is 4.09. The summed E-state index contributed by atoms with van der Waals surface area (Å²) in [4.78, 5) is 28.5. The van der Waals surface area contributed by atoms with Gasteiger partial charge in [0.1, 0.15) is 12.4 Å². The lowest BCUT2D eigenvalue weighted by molar-refractivity contribution is 0.0910. The number of nitrogens with zero attached hydrogens (tertiary/aromatic N) is 2. The van der Waals surface area contributed by atoms with E-state index in [9.17, 15) is 9.59 Å². The quantitative estimate of drug-likeness (QED) is 0.697. The number of carbonyl (C=O) groups is 2. The Bertz CT molecular complexity index is 1130. The van der Waals surface area contributed by atoms with Crippen molar-refractivity contribution in [2.75, 3.05) is 0 Å². The predicted octanol–water partition coefficient (Wildman–Crippen LogP) is 4.01. The molecule has 0 aliphatic heterocycles. The molecule has 0 unspecified atom stereocenters. The smallest absolute Gasteiger partial charge is 0.248 e. The first-order chi connectivity index (χ1) is 14.2. The molecule has 3 aromatic rings. The standard InChI is InChI=1S/C24H25N3O3/c1-15-10-18-20(12-24(2,3)13-21(18)28)27(15)19-5-4-17(23(25)29)11-22(19)30-14-16-6-8-26-9-7-16/h4-11H,12-14H2,1-3H3,(H2,25,29). The topological polar surface area (TPSA) is 87.2 Å². The number of fused-ring (bicyclic) bond motifs is 1. The highest BCUT2D eigenvalue weighted by atomic mass is 16.5. The molecule has 1 aromatic carbocycles. The monoisotopic (exact) mass is 403 g/mol. The minimum atomic E-state index is -0.516. The number of ketones is 1. The molecule has 0 saturated heterocycles. The molecule has 2 aromatic heterocycles. The lowest BCUT2D eigenvalue weighted by Gasteiger charge is -2.30. The van der Waals surface area contributed by atoms with Gasteiger partial charge in [0.2, 0.25) is 5.91 Å². The van der Waals surface area contributed by atoms with Gasteiger partial charge in [-0.3, -0.25) is 14.6 Å². The van der Waals surface area contributed by atoms with Crippen LogP contribution in [0.4, 0.5) is 0 Å². The van der Waals surface area contributed by atoms with Crippen molar-refractivity contribution in [3.8, 4) is 11.4 Å². The third-order valence-corrected chi connectivity index (χ3v) is 5.50. The van der Waals surface area contributed by atoms with Gasteiger partial charge in [-0.15, -0.1) is 0 Å². The van der Waals surface area contributed by atoms with E-state index in [0.717, 1.165) is 34.6 Å². The van der Waals surface area contributed by atoms with Crippen LogP contribution in [0.15, 0.2) is 48.8 Å². The van der Waals surface area contributed by atoms with Crippen molar-refractivity contribution in [1.82, 2.24) is 9.55 Å². The Labute approximate surface area is 175 Å². The van der Waals surface area contributed by atoms with Gasteiger partial charge in [0.05, 0.1) is 5.69 Å². The molecular formula is C24H25N3O3. The second-order valence-corrected chi connectivity index (χ2v) is 8.61. The van der Waals surface area contributed by atoms with Crippen LogP contribution < -0.4 is 10.5 Å². The highest BCUT2D eigenvalue weighted by Gasteiger charge is 2.34. The summed E-state index contributed by atoms with van der Waals surface area (Å²) in [5.74, 6) is 0.189. The number of aryl methyl sites for hydroxylation is 1. The molecule has 2 heterocycles. The van der Waals surface area contributed by atoms with Crippen LogP contribution in [0.2, 0.25) is 0 Å². The van der Waals surface area contributed by atoms with Crippen molar-refractivity contribution in [1.29, 1.82) is 0 Å². The maximum atomic E-state index is 12.7. The summed E-state index contributed by atoms with van der Waals surface area (Å²) in [6.07, 6.45) is 4.73. The van der Waals surface area contributed by atoms with Crippen molar-refractivity contribution in [2.45, 2.75) is 40.2 Å². The van der Waals surface area contributed by atoms with Gasteiger partial charge < -0.3 is 15.0 Å². The number of hydrogen-bond donors (Lipinski definition) is 1. The number of pyridine rings is 1. The number of aromatic nitrogens is 2. The first kappa shape index (κ1) is 19.9. The zero-order valence-electron chi connectivity index (χ0n) is 17.4. The van der Waals surface area contributed by atoms with Gasteiger partial charge in [0.15, 0.2) is 5.78 Å². The number of Topliss-reactive ketones (excluding diaryl/α,β-unsaturated/α-hetero) is 1. The summed E-state index contributed by atoms with van der Waals surface area (Å²) < 4.78 is 8.19. The molecule has 0 spiro atoms. The van der Waals surface area contributed by atoms with E-state index < -0.39 is 5.91 Å². The van der Waals surface area contributed by atoms with Crippen LogP contribution >= 0.6 is 0 Å². The largest absolute Gasteiger partial charge is 0.487 e. The third kappa shape index (κ3) is 3.73. The minimum Gasteiger partial charge on any atom is -0.487 e. The second kappa shape index (κ2) is 7.44. The molecular weight excluding hydrogens is 378 g/mol. The number of ether oxygens (including phenoxy) is 1. The van der Waals surface area contributed by atoms with E-state index in [4.69, 9.17) is 10.5 Å². The summed E-state index contributed by atoms with van der Waals surface area (Å²) >= 11 is 0. The Morgan fingerprint density at radius 1 is 1.17 bits per heavy atom. The summed E-state index contributed by atoms with van der Waals surface area (Å²) in [5, 5.41) is 0. The number of carbonyl (C=O) groups excluding carboxylic acids is 2. The second-order valence-electron chi connectivity index (χ2n) is 8.61. The van der Waals surface area contributed by atoms with Crippen LogP contribution in [0, 0.1) is 12.3 Å². The number of hydrogen-bond acceptors (Lipinski definition) is 4. The first-order valence-electron chi connectivity index (χ1n) is 9.95. The molecule has 4 rings (SSSR count). The van der Waals surface area contributed by atoms with Gasteiger partial charge in [0, 0.05) is 41.3 Å². The molecule has 1 aliphatic rings. The van der Waals surface area contributed by atoms with Gasteiger partial charge in [-0.05, 0) is 60.7 Å². The van der Waals surface area contributed by atoms with Crippen LogP contribution in [0.5, 0.6) is 5.75 Å². The molecule has 0 radical (unpaired) electrons. The van der Waals surface area contributed by atoms with Crippen molar-refractivity contribution in [3.63, 3.8) is 0 Å². The molecule has 0 fully saturated rings. The lowest BCUT2D eigenvalue weighted by atomic mass is 9.76. The molecule has 0 bridgehead atoms. The molecule has 0 saturated carbocycles. The van der Waals surface area contributed by atoms with Gasteiger partial charge >= 0.3 is 0 Å². The first-order valence-corrected chi connectivity index (χ1v) is 9.95. The van der Waals surface area contributed by atoms with Gasteiger partial charge in [0.25, 0.3) is 0 Å². The molecule has 1 amide bonds. The number of nitrogens with two attached hydrogens (primary N) is 1. The van der Waals surface area contributed by atoms with E-state index >= 15 is 0 Å². The number of benzene rings is 1. The van der Waals surface area contributed by atoms with Crippen LogP contribution in [0.3, 0.4) is 0 Å². The lowest BCUT2D eigenvalue weighted by Crippen LogP contribution is -2.28. The molecule has 0 atom stereocenters. The van der Waals surface area contributed by atoms with Crippen LogP contribution in [0.1, 0.15) is 57.9 Å². The SMILES string of the molecule is Cc1cc2c(n1-c1ccc(C(N)=O)cc1OCc1ccncc1)CC(C)(C)CC2=O. The Balaban J connectivity index is 1.81. The fraction of sp³-hybridized carbons (Fsp3) is 0.292. The fourth-order valence-corrected chi connectivity index (χ4v) is 4.09. The summed E-state index contributed by atoms with van der Waals surface area (Å²) in [6, 6.07) is 10.9. The molecule has 30 heavy (non-hydrogen) atoms. The van der Waals surface area contributed by atoms with E-state index in [1.54, 1.807) is 24.5 Å². The Kier molecular flexibility index (Phi) is 4.94. The van der Waals surface area contributed by atoms with Crippen molar-refractivity contribution in [3.05, 3.63) is 76.9 Å². The molecule has 6 heteroatoms. The number of rotatable bonds is 5. The van der Waals surface area contributed by atoms with Crippen molar-refractivity contribution < 1.29 is 14.3 Å². The Morgan fingerprint density at radius 2 is 1.90 bits per heavy atom. The Hall–Kier alpha value is -3.41. The van der Waals surface area contributed by atoms with Crippen molar-refractivity contribution >= 4 is 11.7 Å². The minimum absolute atomic E-state index is 0.113.